The highest BCUT2D eigenvalue weighted by Crippen LogP contribution is 2.18. The van der Waals surface area contributed by atoms with E-state index >= 15 is 0 Å². The van der Waals surface area contributed by atoms with Gasteiger partial charge in [-0.15, -0.1) is 0 Å². The predicted octanol–water partition coefficient (Wildman–Crippen LogP) is 1.75. The number of rotatable bonds is 5. The molecule has 0 aliphatic heterocycles. The Hall–Kier alpha value is -1.09. The molecule has 0 radical (unpaired) electrons. The molecule has 1 fully saturated rings. The van der Waals surface area contributed by atoms with E-state index in [4.69, 9.17) is 0 Å². The maximum absolute atomic E-state index is 4.40. The van der Waals surface area contributed by atoms with Crippen molar-refractivity contribution in [3.8, 4) is 0 Å². The van der Waals surface area contributed by atoms with Crippen molar-refractivity contribution in [2.24, 2.45) is 7.05 Å². The number of nitrogens with zero attached hydrogens (tertiary/aromatic N) is 2. The van der Waals surface area contributed by atoms with Crippen LogP contribution in [0.5, 0.6) is 0 Å². The first kappa shape index (κ1) is 10.4. The van der Waals surface area contributed by atoms with E-state index in [-0.39, 0.29) is 0 Å². The van der Waals surface area contributed by atoms with Gasteiger partial charge in [-0.1, -0.05) is 19.1 Å². The molecule has 0 amide bonds. The lowest BCUT2D eigenvalue weighted by atomic mass is 10.2. The summed E-state index contributed by atoms with van der Waals surface area (Å²) in [6.45, 7) is 3.12. The van der Waals surface area contributed by atoms with Crippen LogP contribution in [-0.2, 0) is 13.5 Å². The van der Waals surface area contributed by atoms with Crippen molar-refractivity contribution in [3.63, 3.8) is 0 Å². The Balaban J connectivity index is 1.89. The minimum absolute atomic E-state index is 0.786. The Morgan fingerprint density at radius 3 is 3.07 bits per heavy atom. The van der Waals surface area contributed by atoms with Crippen LogP contribution < -0.4 is 5.32 Å². The second-order valence-electron chi connectivity index (χ2n) is 4.14. The molecule has 0 saturated heterocycles. The zero-order valence-corrected chi connectivity index (χ0v) is 9.53. The van der Waals surface area contributed by atoms with Gasteiger partial charge in [0.2, 0.25) is 0 Å². The summed E-state index contributed by atoms with van der Waals surface area (Å²) in [6, 6.07) is 0.786. The van der Waals surface area contributed by atoms with Gasteiger partial charge < -0.3 is 5.32 Å². The Morgan fingerprint density at radius 2 is 2.40 bits per heavy atom. The molecule has 0 unspecified atom stereocenters. The van der Waals surface area contributed by atoms with Crippen molar-refractivity contribution in [2.75, 3.05) is 6.54 Å². The third kappa shape index (κ3) is 2.93. The molecule has 1 aliphatic rings. The number of hydrogen-bond donors (Lipinski definition) is 1. The van der Waals surface area contributed by atoms with E-state index in [0.29, 0.717) is 0 Å². The standard InChI is InChI=1S/C12H19N3/c1-3-12-10(9-15(2)14-12)5-4-8-13-11-6-7-11/h4-5,9,11,13H,3,6-8H2,1-2H3/b5-4+. The second-order valence-corrected chi connectivity index (χ2v) is 4.14. The summed E-state index contributed by atoms with van der Waals surface area (Å²) in [7, 11) is 1.97. The highest BCUT2D eigenvalue weighted by molar-refractivity contribution is 5.51. The van der Waals surface area contributed by atoms with E-state index in [1.54, 1.807) is 0 Å². The molecule has 1 heterocycles. The van der Waals surface area contributed by atoms with Crippen LogP contribution in [-0.4, -0.2) is 22.4 Å². The van der Waals surface area contributed by atoms with E-state index in [1.165, 1.54) is 24.1 Å². The maximum atomic E-state index is 4.40. The average molecular weight is 205 g/mol. The van der Waals surface area contributed by atoms with Crippen LogP contribution in [0.15, 0.2) is 12.3 Å². The zero-order valence-electron chi connectivity index (χ0n) is 9.53. The number of nitrogens with one attached hydrogen (secondary N) is 1. The van der Waals surface area contributed by atoms with Gasteiger partial charge in [0.15, 0.2) is 0 Å². The van der Waals surface area contributed by atoms with Crippen LogP contribution in [0.1, 0.15) is 31.0 Å². The minimum Gasteiger partial charge on any atom is -0.311 e. The van der Waals surface area contributed by atoms with Crippen LogP contribution in [0, 0.1) is 0 Å². The summed E-state index contributed by atoms with van der Waals surface area (Å²) in [4.78, 5) is 0. The van der Waals surface area contributed by atoms with Crippen molar-refractivity contribution in [3.05, 3.63) is 23.5 Å². The fraction of sp³-hybridized carbons (Fsp3) is 0.583. The van der Waals surface area contributed by atoms with Gasteiger partial charge >= 0.3 is 0 Å². The monoisotopic (exact) mass is 205 g/mol. The zero-order chi connectivity index (χ0) is 10.7. The van der Waals surface area contributed by atoms with Gasteiger partial charge in [-0.05, 0) is 19.3 Å². The van der Waals surface area contributed by atoms with Crippen LogP contribution in [0.25, 0.3) is 6.08 Å². The minimum atomic E-state index is 0.786. The lowest BCUT2D eigenvalue weighted by Crippen LogP contribution is -2.15. The lowest BCUT2D eigenvalue weighted by Gasteiger charge is -1.95. The van der Waals surface area contributed by atoms with Gasteiger partial charge in [-0.25, -0.2) is 0 Å². The third-order valence-electron chi connectivity index (χ3n) is 2.67. The Morgan fingerprint density at radius 1 is 1.60 bits per heavy atom. The molecule has 15 heavy (non-hydrogen) atoms. The van der Waals surface area contributed by atoms with Crippen molar-refractivity contribution in [2.45, 2.75) is 32.2 Å². The molecule has 1 aliphatic carbocycles. The molecule has 0 spiro atoms. The van der Waals surface area contributed by atoms with Gasteiger partial charge in [-0.3, -0.25) is 4.68 Å². The highest BCUT2D eigenvalue weighted by Gasteiger charge is 2.18. The van der Waals surface area contributed by atoms with Gasteiger partial charge in [0, 0.05) is 31.4 Å². The van der Waals surface area contributed by atoms with E-state index in [2.05, 4.69) is 35.7 Å². The molecule has 2 rings (SSSR count). The Bertz CT molecular complexity index is 348. The lowest BCUT2D eigenvalue weighted by molar-refractivity contribution is 0.746. The Labute approximate surface area is 91.2 Å². The first-order chi connectivity index (χ1) is 7.29. The van der Waals surface area contributed by atoms with Gasteiger partial charge in [0.05, 0.1) is 5.69 Å². The van der Waals surface area contributed by atoms with Crippen molar-refractivity contribution < 1.29 is 0 Å². The maximum Gasteiger partial charge on any atom is 0.0693 e. The summed E-state index contributed by atoms with van der Waals surface area (Å²) in [6.07, 6.45) is 10.1. The first-order valence-electron chi connectivity index (χ1n) is 5.72. The fourth-order valence-corrected chi connectivity index (χ4v) is 1.67. The van der Waals surface area contributed by atoms with E-state index in [1.807, 2.05) is 11.7 Å². The molecule has 0 atom stereocenters. The molecule has 3 nitrogen and oxygen atoms in total. The van der Waals surface area contributed by atoms with E-state index < -0.39 is 0 Å². The number of aromatic nitrogens is 2. The topological polar surface area (TPSA) is 29.9 Å². The average Bonchev–Trinajstić information content (AvgIpc) is 2.97. The van der Waals surface area contributed by atoms with Crippen LogP contribution >= 0.6 is 0 Å². The van der Waals surface area contributed by atoms with Crippen LogP contribution in [0.2, 0.25) is 0 Å². The van der Waals surface area contributed by atoms with Gasteiger partial charge in [0.25, 0.3) is 0 Å². The normalized spacial score (nSPS) is 16.4. The fourth-order valence-electron chi connectivity index (χ4n) is 1.67. The predicted molar refractivity (Wildman–Crippen MR) is 62.6 cm³/mol. The van der Waals surface area contributed by atoms with Crippen LogP contribution in [0.4, 0.5) is 0 Å². The SMILES string of the molecule is CCc1nn(C)cc1/C=C/CNC1CC1. The molecule has 82 valence electrons. The molecule has 1 aromatic rings. The molecule has 3 heteroatoms. The van der Waals surface area contributed by atoms with Crippen LogP contribution in [0.3, 0.4) is 0 Å². The molecular weight excluding hydrogens is 186 g/mol. The Kier molecular flexibility index (Phi) is 3.21. The number of hydrogen-bond acceptors (Lipinski definition) is 2. The van der Waals surface area contributed by atoms with E-state index in [0.717, 1.165) is 19.0 Å². The van der Waals surface area contributed by atoms with Crippen molar-refractivity contribution in [1.82, 2.24) is 15.1 Å². The molecule has 1 saturated carbocycles. The largest absolute Gasteiger partial charge is 0.311 e. The van der Waals surface area contributed by atoms with E-state index in [9.17, 15) is 0 Å². The number of aryl methyl sites for hydroxylation is 2. The summed E-state index contributed by atoms with van der Waals surface area (Å²) < 4.78 is 1.88. The smallest absolute Gasteiger partial charge is 0.0693 e. The van der Waals surface area contributed by atoms with Gasteiger partial charge in [-0.2, -0.15) is 5.10 Å². The highest BCUT2D eigenvalue weighted by atomic mass is 15.2. The molecule has 1 N–H and O–H groups in total. The van der Waals surface area contributed by atoms with Gasteiger partial charge in [0.1, 0.15) is 0 Å². The summed E-state index contributed by atoms with van der Waals surface area (Å²) in [5, 5.41) is 7.86. The first-order valence-corrected chi connectivity index (χ1v) is 5.72. The molecule has 0 bridgehead atoms. The quantitative estimate of drug-likeness (QED) is 0.793. The third-order valence-corrected chi connectivity index (χ3v) is 2.67. The summed E-state index contributed by atoms with van der Waals surface area (Å²) in [5.41, 5.74) is 2.43. The van der Waals surface area contributed by atoms with Crippen molar-refractivity contribution in [1.29, 1.82) is 0 Å². The summed E-state index contributed by atoms with van der Waals surface area (Å²) >= 11 is 0. The van der Waals surface area contributed by atoms with Crippen molar-refractivity contribution >= 4 is 6.08 Å². The molecule has 1 aromatic heterocycles. The summed E-state index contributed by atoms with van der Waals surface area (Å²) in [5.74, 6) is 0. The molecule has 0 aromatic carbocycles. The second kappa shape index (κ2) is 4.62. The molecular formula is C12H19N3.